The second-order valence-corrected chi connectivity index (χ2v) is 10.5. The van der Waals surface area contributed by atoms with Gasteiger partial charge in [-0.15, -0.1) is 0 Å². The molecule has 0 unspecified atom stereocenters. The molecule has 0 aliphatic carbocycles. The van der Waals surface area contributed by atoms with Crippen LogP contribution in [0.15, 0.2) is 0 Å². The van der Waals surface area contributed by atoms with E-state index in [1.807, 2.05) is 0 Å². The standard InChI is InChI=1S/C19H37AsO7/c1-3-5-7-9-11-13-18(21)26-16-17(15-20(23,24)25)27-19(22)14-12-10-8-6-4-2/h17H,3-16H2,1-2H3,(H2,23,24,25)/t17-/m0/s1. The van der Waals surface area contributed by atoms with Crippen LogP contribution in [0.5, 0.6) is 0 Å². The molecule has 8 heteroatoms. The molecule has 0 saturated heterocycles. The Labute approximate surface area is 166 Å². The Kier molecular flexibility index (Phi) is 15.7. The second kappa shape index (κ2) is 16.2. The normalized spacial score (nSPS) is 12.6. The van der Waals surface area contributed by atoms with Crippen molar-refractivity contribution in [1.82, 2.24) is 0 Å². The zero-order valence-electron chi connectivity index (χ0n) is 16.9. The fourth-order valence-corrected chi connectivity index (χ4v) is 4.13. The van der Waals surface area contributed by atoms with Gasteiger partial charge in [0, 0.05) is 0 Å². The summed E-state index contributed by atoms with van der Waals surface area (Å²) >= 11 is -5.01. The maximum atomic E-state index is 11.9. The van der Waals surface area contributed by atoms with E-state index in [0.717, 1.165) is 57.8 Å². The van der Waals surface area contributed by atoms with Crippen LogP contribution in [-0.4, -0.2) is 47.0 Å². The van der Waals surface area contributed by atoms with Gasteiger partial charge in [0.1, 0.15) is 0 Å². The maximum absolute atomic E-state index is 11.9. The molecule has 0 heterocycles. The first kappa shape index (κ1) is 26.2. The Morgan fingerprint density at radius 3 is 1.78 bits per heavy atom. The Balaban J connectivity index is 4.21. The molecule has 0 aliphatic heterocycles. The summed E-state index contributed by atoms with van der Waals surface area (Å²) in [6, 6.07) is 0. The van der Waals surface area contributed by atoms with Crippen LogP contribution < -0.4 is 0 Å². The molecule has 2 N–H and O–H groups in total. The molecule has 0 spiro atoms. The number of unbranched alkanes of at least 4 members (excludes halogenated alkanes) is 8. The quantitative estimate of drug-likeness (QED) is 0.197. The van der Waals surface area contributed by atoms with Gasteiger partial charge in [-0.3, -0.25) is 0 Å². The summed E-state index contributed by atoms with van der Waals surface area (Å²) < 4.78 is 39.9. The van der Waals surface area contributed by atoms with Gasteiger partial charge in [0.2, 0.25) is 0 Å². The molecule has 27 heavy (non-hydrogen) atoms. The van der Waals surface area contributed by atoms with E-state index in [2.05, 4.69) is 13.8 Å². The molecule has 0 amide bonds. The van der Waals surface area contributed by atoms with Crippen molar-refractivity contribution in [2.24, 2.45) is 0 Å². The second-order valence-electron chi connectivity index (χ2n) is 6.97. The molecule has 7 nitrogen and oxygen atoms in total. The predicted octanol–water partition coefficient (Wildman–Crippen LogP) is 3.52. The summed E-state index contributed by atoms with van der Waals surface area (Å²) in [6.45, 7) is 3.92. The van der Waals surface area contributed by atoms with Crippen LogP contribution in [0.25, 0.3) is 0 Å². The van der Waals surface area contributed by atoms with E-state index in [9.17, 15) is 21.5 Å². The molecule has 0 aromatic rings. The molecule has 0 bridgehead atoms. The van der Waals surface area contributed by atoms with Crippen LogP contribution in [0, 0.1) is 0 Å². The van der Waals surface area contributed by atoms with E-state index in [-0.39, 0.29) is 19.4 Å². The topological polar surface area (TPSA) is 110 Å². The molecule has 1 atom stereocenters. The van der Waals surface area contributed by atoms with Crippen LogP contribution in [0.1, 0.15) is 90.9 Å². The number of carbonyl (C=O) groups is 2. The summed E-state index contributed by atoms with van der Waals surface area (Å²) in [6.07, 6.45) is 9.28. The Morgan fingerprint density at radius 2 is 1.30 bits per heavy atom. The summed E-state index contributed by atoms with van der Waals surface area (Å²) in [5, 5.41) is -0.580. The van der Waals surface area contributed by atoms with Crippen molar-refractivity contribution >= 4 is 26.1 Å². The third kappa shape index (κ3) is 18.4. The number of carbonyl (C=O) groups excluding carboxylic acids is 2. The summed E-state index contributed by atoms with van der Waals surface area (Å²) in [4.78, 5) is 23.6. The average Bonchev–Trinajstić information content (AvgIpc) is 2.58. The number of hydrogen-bond acceptors (Lipinski definition) is 5. The van der Waals surface area contributed by atoms with Crippen LogP contribution in [-0.2, 0) is 22.8 Å². The van der Waals surface area contributed by atoms with Crippen molar-refractivity contribution < 1.29 is 31.0 Å². The van der Waals surface area contributed by atoms with Crippen molar-refractivity contribution in [3.05, 3.63) is 0 Å². The number of ether oxygens (including phenoxy) is 2. The van der Waals surface area contributed by atoms with E-state index in [1.165, 1.54) is 0 Å². The van der Waals surface area contributed by atoms with E-state index >= 15 is 0 Å². The molecule has 0 fully saturated rings. The van der Waals surface area contributed by atoms with Gasteiger partial charge in [-0.25, -0.2) is 0 Å². The number of hydrogen-bond donors (Lipinski definition) is 2. The van der Waals surface area contributed by atoms with Gasteiger partial charge in [0.15, 0.2) is 0 Å². The molecular weight excluding hydrogens is 415 g/mol. The fourth-order valence-electron chi connectivity index (χ4n) is 2.64. The van der Waals surface area contributed by atoms with Gasteiger partial charge in [-0.2, -0.15) is 0 Å². The molecule has 0 radical (unpaired) electrons. The average molecular weight is 452 g/mol. The van der Waals surface area contributed by atoms with Crippen LogP contribution in [0.2, 0.25) is 5.21 Å². The summed E-state index contributed by atoms with van der Waals surface area (Å²) in [7, 11) is 0. The van der Waals surface area contributed by atoms with E-state index < -0.39 is 37.4 Å². The van der Waals surface area contributed by atoms with E-state index in [4.69, 9.17) is 9.47 Å². The van der Waals surface area contributed by atoms with Crippen molar-refractivity contribution in [3.8, 4) is 0 Å². The SMILES string of the molecule is CCCCCCCC(=O)OC[C@H](C[As](=O)(O)O)OC(=O)CCCCCCC. The van der Waals surface area contributed by atoms with Crippen molar-refractivity contribution in [3.63, 3.8) is 0 Å². The Morgan fingerprint density at radius 1 is 0.815 bits per heavy atom. The van der Waals surface area contributed by atoms with Crippen molar-refractivity contribution in [1.29, 1.82) is 0 Å². The van der Waals surface area contributed by atoms with Crippen molar-refractivity contribution in [2.45, 2.75) is 102 Å². The first-order valence-electron chi connectivity index (χ1n) is 10.2. The Bertz CT molecular complexity index is 447. The van der Waals surface area contributed by atoms with Gasteiger partial charge in [0.25, 0.3) is 0 Å². The van der Waals surface area contributed by atoms with Crippen LogP contribution in [0.3, 0.4) is 0 Å². The van der Waals surface area contributed by atoms with Gasteiger partial charge >= 0.3 is 166 Å². The first-order chi connectivity index (χ1) is 12.8. The van der Waals surface area contributed by atoms with Crippen LogP contribution >= 0.6 is 0 Å². The van der Waals surface area contributed by atoms with E-state index in [0.29, 0.717) is 6.42 Å². The predicted molar refractivity (Wildman–Crippen MR) is 103 cm³/mol. The fraction of sp³-hybridized carbons (Fsp3) is 0.895. The minimum atomic E-state index is -5.01. The zero-order chi connectivity index (χ0) is 20.5. The monoisotopic (exact) mass is 452 g/mol. The van der Waals surface area contributed by atoms with Gasteiger partial charge in [0.05, 0.1) is 0 Å². The molecule has 0 rings (SSSR count). The third-order valence-electron chi connectivity index (χ3n) is 4.14. The molecule has 0 saturated carbocycles. The molecule has 0 aromatic carbocycles. The van der Waals surface area contributed by atoms with Gasteiger partial charge in [-0.05, 0) is 0 Å². The van der Waals surface area contributed by atoms with Gasteiger partial charge in [-0.1, -0.05) is 0 Å². The third-order valence-corrected chi connectivity index (χ3v) is 5.99. The van der Waals surface area contributed by atoms with Crippen LogP contribution in [0.4, 0.5) is 0 Å². The molecule has 0 aromatic heterocycles. The van der Waals surface area contributed by atoms with Crippen molar-refractivity contribution in [2.75, 3.05) is 6.61 Å². The molecule has 0 aliphatic rings. The summed E-state index contributed by atoms with van der Waals surface area (Å²) in [5.41, 5.74) is 0. The molecule has 160 valence electrons. The first-order valence-corrected chi connectivity index (χ1v) is 13.9. The molecular formula is C19H37AsO7. The number of rotatable bonds is 17. The summed E-state index contributed by atoms with van der Waals surface area (Å²) in [5.74, 6) is -0.929. The van der Waals surface area contributed by atoms with Gasteiger partial charge < -0.3 is 0 Å². The zero-order valence-corrected chi connectivity index (χ0v) is 18.7. The minimum absolute atomic E-state index is 0.208. The van der Waals surface area contributed by atoms with E-state index in [1.54, 1.807) is 0 Å². The number of esters is 2. The Hall–Kier alpha value is -0.782.